The molecule has 0 amide bonds. The van der Waals surface area contributed by atoms with Crippen LogP contribution in [0.15, 0.2) is 18.3 Å². The summed E-state index contributed by atoms with van der Waals surface area (Å²) in [4.78, 5) is 18.3. The second-order valence-electron chi connectivity index (χ2n) is 12.4. The van der Waals surface area contributed by atoms with E-state index in [0.717, 1.165) is 57.2 Å². The highest BCUT2D eigenvalue weighted by Gasteiger charge is 2.45. The van der Waals surface area contributed by atoms with Crippen molar-refractivity contribution < 1.29 is 24.1 Å². The molecule has 0 radical (unpaired) electrons. The van der Waals surface area contributed by atoms with Crippen molar-refractivity contribution in [3.05, 3.63) is 34.7 Å². The zero-order valence-corrected chi connectivity index (χ0v) is 24.0. The first-order chi connectivity index (χ1) is 19.7. The SMILES string of the molecule is C[C@]1(O)COCCN(c2nc(OCC34CCCN3CCC4)nc3c(F)c(-c4cc(O)cc(Cl)c4C4CC4)ncc23)C1. The maximum atomic E-state index is 16.6. The number of aliphatic hydroxyl groups is 1. The smallest absolute Gasteiger partial charge is 0.319 e. The number of rotatable bonds is 6. The van der Waals surface area contributed by atoms with Crippen LogP contribution >= 0.6 is 11.6 Å². The number of nitrogens with zero attached hydrogens (tertiary/aromatic N) is 5. The maximum absolute atomic E-state index is 16.6. The number of benzene rings is 1. The average molecular weight is 584 g/mol. The van der Waals surface area contributed by atoms with Crippen molar-refractivity contribution in [1.82, 2.24) is 19.9 Å². The summed E-state index contributed by atoms with van der Waals surface area (Å²) in [5.41, 5.74) is 0.271. The van der Waals surface area contributed by atoms with Crippen LogP contribution in [0.1, 0.15) is 56.9 Å². The van der Waals surface area contributed by atoms with Crippen molar-refractivity contribution in [3.8, 4) is 23.0 Å². The van der Waals surface area contributed by atoms with Crippen molar-refractivity contribution in [2.75, 3.05) is 50.9 Å². The van der Waals surface area contributed by atoms with Crippen LogP contribution in [-0.2, 0) is 4.74 Å². The van der Waals surface area contributed by atoms with E-state index in [4.69, 9.17) is 26.1 Å². The van der Waals surface area contributed by atoms with Gasteiger partial charge in [-0.15, -0.1) is 0 Å². The van der Waals surface area contributed by atoms with E-state index in [9.17, 15) is 10.2 Å². The third kappa shape index (κ3) is 4.98. The highest BCUT2D eigenvalue weighted by molar-refractivity contribution is 6.32. The zero-order chi connectivity index (χ0) is 28.4. The Hall–Kier alpha value is -2.79. The Bertz CT molecular complexity index is 1490. The highest BCUT2D eigenvalue weighted by atomic mass is 35.5. The van der Waals surface area contributed by atoms with E-state index in [0.29, 0.717) is 41.5 Å². The average Bonchev–Trinajstić information content (AvgIpc) is 3.60. The minimum Gasteiger partial charge on any atom is -0.508 e. The van der Waals surface area contributed by atoms with Crippen LogP contribution in [0.2, 0.25) is 5.02 Å². The van der Waals surface area contributed by atoms with Crippen LogP contribution in [0.25, 0.3) is 22.2 Å². The molecule has 7 rings (SSSR count). The number of aromatic nitrogens is 3. The van der Waals surface area contributed by atoms with Gasteiger partial charge in [-0.1, -0.05) is 11.6 Å². The monoisotopic (exact) mass is 583 g/mol. The van der Waals surface area contributed by atoms with E-state index in [1.165, 1.54) is 12.1 Å². The summed E-state index contributed by atoms with van der Waals surface area (Å²) < 4.78 is 28.5. The Morgan fingerprint density at radius 2 is 1.95 bits per heavy atom. The van der Waals surface area contributed by atoms with Gasteiger partial charge in [-0.05, 0) is 82.2 Å². The Morgan fingerprint density at radius 3 is 2.71 bits per heavy atom. The Balaban J connectivity index is 1.35. The second kappa shape index (κ2) is 10.2. The molecule has 0 unspecified atom stereocenters. The summed E-state index contributed by atoms with van der Waals surface area (Å²) in [6.07, 6.45) is 7.86. The summed E-state index contributed by atoms with van der Waals surface area (Å²) >= 11 is 6.53. The van der Waals surface area contributed by atoms with E-state index in [2.05, 4.69) is 14.9 Å². The number of phenolic OH excluding ortho intramolecular Hbond substituents is 1. The maximum Gasteiger partial charge on any atom is 0.319 e. The molecule has 218 valence electrons. The van der Waals surface area contributed by atoms with Gasteiger partial charge in [0, 0.05) is 23.3 Å². The van der Waals surface area contributed by atoms with Crippen LogP contribution < -0.4 is 9.64 Å². The number of halogens is 2. The van der Waals surface area contributed by atoms with Crippen molar-refractivity contribution in [1.29, 1.82) is 0 Å². The normalized spacial score (nSPS) is 24.5. The molecule has 9 nitrogen and oxygen atoms in total. The summed E-state index contributed by atoms with van der Waals surface area (Å²) in [6, 6.07) is 3.11. The molecule has 11 heteroatoms. The molecule has 4 aliphatic rings. The fraction of sp³-hybridized carbons (Fsp3) is 0.567. The predicted molar refractivity (Wildman–Crippen MR) is 153 cm³/mol. The van der Waals surface area contributed by atoms with E-state index in [-0.39, 0.29) is 47.6 Å². The fourth-order valence-electron chi connectivity index (χ4n) is 6.94. The molecule has 3 aromatic rings. The van der Waals surface area contributed by atoms with Crippen LogP contribution in [0.4, 0.5) is 10.2 Å². The van der Waals surface area contributed by atoms with Crippen LogP contribution in [0.5, 0.6) is 11.8 Å². The highest BCUT2D eigenvalue weighted by Crippen LogP contribution is 2.49. The number of β-amino-alcohol motifs (C(OH)–C–C–N with tert-alkyl or cyclic N) is 1. The number of phenols is 1. The van der Waals surface area contributed by atoms with E-state index in [1.54, 1.807) is 13.1 Å². The summed E-state index contributed by atoms with van der Waals surface area (Å²) in [6.45, 7) is 5.55. The van der Waals surface area contributed by atoms with Gasteiger partial charge in [0.15, 0.2) is 5.82 Å². The summed E-state index contributed by atoms with van der Waals surface area (Å²) in [5.74, 6) is -0.0303. The Kier molecular flexibility index (Phi) is 6.72. The third-order valence-corrected chi connectivity index (χ3v) is 9.34. The van der Waals surface area contributed by atoms with Gasteiger partial charge in [0.05, 0.1) is 30.7 Å². The third-order valence-electron chi connectivity index (χ3n) is 9.03. The molecule has 5 heterocycles. The lowest BCUT2D eigenvalue weighted by Crippen LogP contribution is -2.44. The summed E-state index contributed by atoms with van der Waals surface area (Å²) in [5, 5.41) is 22.0. The molecule has 1 aromatic carbocycles. The number of anilines is 1. The fourth-order valence-corrected chi connectivity index (χ4v) is 7.31. The molecular formula is C30H35ClFN5O4. The lowest BCUT2D eigenvalue weighted by atomic mass is 9.95. The standard InChI is InChI=1S/C30H35ClFN5O4/c1-29(39)15-36(10-11-40-16-29)27-21-14-33-25(20-12-19(38)13-22(31)23(20)18-4-5-18)24(32)26(21)34-28(35-27)41-17-30-6-2-8-37(30)9-3-7-30/h12-14,18,38-39H,2-11,15-17H2,1H3/t29-/m1/s1. The Morgan fingerprint density at radius 1 is 1.17 bits per heavy atom. The second-order valence-corrected chi connectivity index (χ2v) is 12.8. The van der Waals surface area contributed by atoms with Gasteiger partial charge in [0.1, 0.15) is 35.0 Å². The number of pyridine rings is 1. The molecular weight excluding hydrogens is 549 g/mol. The zero-order valence-electron chi connectivity index (χ0n) is 23.2. The number of hydrogen-bond acceptors (Lipinski definition) is 9. The molecule has 0 bridgehead atoms. The molecule has 1 aliphatic carbocycles. The van der Waals surface area contributed by atoms with Crippen LogP contribution in [0.3, 0.4) is 0 Å². The topological polar surface area (TPSA) is 104 Å². The van der Waals surface area contributed by atoms with Crippen molar-refractivity contribution in [3.63, 3.8) is 0 Å². The van der Waals surface area contributed by atoms with Crippen molar-refractivity contribution >= 4 is 28.3 Å². The van der Waals surface area contributed by atoms with Gasteiger partial charge < -0.3 is 24.6 Å². The molecule has 3 saturated heterocycles. The largest absolute Gasteiger partial charge is 0.508 e. The first-order valence-electron chi connectivity index (χ1n) is 14.5. The van der Waals surface area contributed by atoms with Gasteiger partial charge in [-0.2, -0.15) is 9.97 Å². The van der Waals surface area contributed by atoms with Crippen LogP contribution in [0, 0.1) is 5.82 Å². The minimum atomic E-state index is -1.12. The van der Waals surface area contributed by atoms with Gasteiger partial charge in [-0.3, -0.25) is 9.88 Å². The number of hydrogen-bond donors (Lipinski definition) is 2. The molecule has 2 N–H and O–H groups in total. The quantitative estimate of drug-likeness (QED) is 0.429. The molecule has 1 atom stereocenters. The lowest BCUT2D eigenvalue weighted by Gasteiger charge is -2.32. The minimum absolute atomic E-state index is 0.0297. The summed E-state index contributed by atoms with van der Waals surface area (Å²) in [7, 11) is 0. The van der Waals surface area contributed by atoms with E-state index in [1.807, 2.05) is 4.90 Å². The predicted octanol–water partition coefficient (Wildman–Crippen LogP) is 4.66. The van der Waals surface area contributed by atoms with Crippen molar-refractivity contribution in [2.45, 2.75) is 62.5 Å². The van der Waals surface area contributed by atoms with Gasteiger partial charge in [-0.25, -0.2) is 4.39 Å². The molecule has 3 aliphatic heterocycles. The van der Waals surface area contributed by atoms with Gasteiger partial charge >= 0.3 is 6.01 Å². The van der Waals surface area contributed by atoms with E-state index < -0.39 is 11.4 Å². The first-order valence-corrected chi connectivity index (χ1v) is 14.9. The number of fused-ring (bicyclic) bond motifs is 2. The lowest BCUT2D eigenvalue weighted by molar-refractivity contribution is -0.0123. The van der Waals surface area contributed by atoms with Gasteiger partial charge in [0.25, 0.3) is 0 Å². The molecule has 1 saturated carbocycles. The molecule has 2 aromatic heterocycles. The first kappa shape index (κ1) is 27.1. The van der Waals surface area contributed by atoms with Crippen LogP contribution in [-0.4, -0.2) is 87.2 Å². The van der Waals surface area contributed by atoms with E-state index >= 15 is 4.39 Å². The molecule has 4 fully saturated rings. The Labute approximate surface area is 243 Å². The van der Waals surface area contributed by atoms with Gasteiger partial charge in [0.2, 0.25) is 0 Å². The number of aromatic hydroxyl groups is 1. The molecule has 41 heavy (non-hydrogen) atoms. The van der Waals surface area contributed by atoms with Crippen molar-refractivity contribution in [2.24, 2.45) is 0 Å². The molecule has 0 spiro atoms. The number of ether oxygens (including phenoxy) is 2.